The second kappa shape index (κ2) is 5.27. The van der Waals surface area contributed by atoms with Crippen LogP contribution < -0.4 is 4.74 Å². The maximum atomic E-state index is 5.76. The predicted molar refractivity (Wildman–Crippen MR) is 70.0 cm³/mol. The van der Waals surface area contributed by atoms with Crippen LogP contribution in [0.3, 0.4) is 0 Å². The lowest BCUT2D eigenvalue weighted by Gasteiger charge is -2.11. The second-order valence-electron chi connectivity index (χ2n) is 3.77. The molecule has 0 radical (unpaired) electrons. The standard InChI is InChI=1S/C13H13BrN2O/c1-9-12(10(2)16-13(14)15-9)17-8-11-6-4-3-5-7-11/h3-7H,8H2,1-2H3. The smallest absolute Gasteiger partial charge is 0.197 e. The first-order valence-electron chi connectivity index (χ1n) is 5.34. The van der Waals surface area contributed by atoms with Crippen molar-refractivity contribution in [3.05, 3.63) is 52.0 Å². The third-order valence-electron chi connectivity index (χ3n) is 2.40. The van der Waals surface area contributed by atoms with E-state index in [0.717, 1.165) is 22.7 Å². The average molecular weight is 293 g/mol. The van der Waals surface area contributed by atoms with Crippen LogP contribution in [0.2, 0.25) is 0 Å². The Bertz CT molecular complexity index is 491. The molecule has 0 amide bonds. The summed E-state index contributed by atoms with van der Waals surface area (Å²) in [5.74, 6) is 0.761. The van der Waals surface area contributed by atoms with E-state index >= 15 is 0 Å². The Morgan fingerprint density at radius 3 is 2.24 bits per heavy atom. The summed E-state index contributed by atoms with van der Waals surface area (Å²) in [6.07, 6.45) is 0. The molecule has 1 aromatic heterocycles. The molecule has 0 spiro atoms. The van der Waals surface area contributed by atoms with Gasteiger partial charge in [-0.15, -0.1) is 0 Å². The van der Waals surface area contributed by atoms with E-state index in [9.17, 15) is 0 Å². The Hall–Kier alpha value is -1.42. The third-order valence-corrected chi connectivity index (χ3v) is 2.76. The quantitative estimate of drug-likeness (QED) is 0.813. The summed E-state index contributed by atoms with van der Waals surface area (Å²) >= 11 is 3.27. The van der Waals surface area contributed by atoms with E-state index in [1.54, 1.807) is 0 Å². The number of benzene rings is 1. The summed E-state index contributed by atoms with van der Waals surface area (Å²) in [6.45, 7) is 4.37. The Morgan fingerprint density at radius 1 is 1.06 bits per heavy atom. The van der Waals surface area contributed by atoms with Crippen molar-refractivity contribution >= 4 is 15.9 Å². The van der Waals surface area contributed by atoms with Gasteiger partial charge >= 0.3 is 0 Å². The van der Waals surface area contributed by atoms with Gasteiger partial charge in [0.2, 0.25) is 0 Å². The van der Waals surface area contributed by atoms with E-state index in [0.29, 0.717) is 11.3 Å². The molecule has 3 nitrogen and oxygen atoms in total. The van der Waals surface area contributed by atoms with Crippen LogP contribution in [0.15, 0.2) is 35.1 Å². The molecule has 0 saturated carbocycles. The largest absolute Gasteiger partial charge is 0.485 e. The number of halogens is 1. The lowest BCUT2D eigenvalue weighted by atomic mass is 10.2. The van der Waals surface area contributed by atoms with E-state index in [-0.39, 0.29) is 0 Å². The average Bonchev–Trinajstić information content (AvgIpc) is 2.29. The molecule has 1 aromatic carbocycles. The van der Waals surface area contributed by atoms with Crippen molar-refractivity contribution in [2.75, 3.05) is 0 Å². The molecule has 4 heteroatoms. The zero-order chi connectivity index (χ0) is 12.3. The van der Waals surface area contributed by atoms with Crippen LogP contribution in [0.5, 0.6) is 5.75 Å². The predicted octanol–water partition coefficient (Wildman–Crippen LogP) is 3.43. The number of aryl methyl sites for hydroxylation is 2. The van der Waals surface area contributed by atoms with E-state index in [1.807, 2.05) is 44.2 Å². The number of aromatic nitrogens is 2. The van der Waals surface area contributed by atoms with Gasteiger partial charge in [-0.25, -0.2) is 9.97 Å². The van der Waals surface area contributed by atoms with Crippen LogP contribution >= 0.6 is 15.9 Å². The maximum Gasteiger partial charge on any atom is 0.197 e. The lowest BCUT2D eigenvalue weighted by Crippen LogP contribution is -2.02. The van der Waals surface area contributed by atoms with Crippen LogP contribution in [0.25, 0.3) is 0 Å². The van der Waals surface area contributed by atoms with Gasteiger partial charge in [0.15, 0.2) is 10.5 Å². The molecule has 0 aliphatic carbocycles. The van der Waals surface area contributed by atoms with Crippen LogP contribution in [0.1, 0.15) is 17.0 Å². The number of rotatable bonds is 3. The third kappa shape index (κ3) is 3.03. The molecule has 0 fully saturated rings. The summed E-state index contributed by atoms with van der Waals surface area (Å²) in [5, 5.41) is 0. The van der Waals surface area contributed by atoms with Gasteiger partial charge in [-0.05, 0) is 35.3 Å². The fourth-order valence-corrected chi connectivity index (χ4v) is 2.14. The van der Waals surface area contributed by atoms with Crippen molar-refractivity contribution in [2.45, 2.75) is 20.5 Å². The van der Waals surface area contributed by atoms with Gasteiger partial charge in [-0.3, -0.25) is 0 Å². The Kier molecular flexibility index (Phi) is 3.74. The zero-order valence-electron chi connectivity index (χ0n) is 9.77. The molecule has 0 atom stereocenters. The first-order valence-corrected chi connectivity index (χ1v) is 6.13. The van der Waals surface area contributed by atoms with Gasteiger partial charge in [0.1, 0.15) is 6.61 Å². The second-order valence-corrected chi connectivity index (χ2v) is 4.48. The highest BCUT2D eigenvalue weighted by molar-refractivity contribution is 9.10. The minimum Gasteiger partial charge on any atom is -0.485 e. The van der Waals surface area contributed by atoms with Gasteiger partial charge in [0.25, 0.3) is 0 Å². The van der Waals surface area contributed by atoms with Crippen LogP contribution in [0.4, 0.5) is 0 Å². The number of hydrogen-bond acceptors (Lipinski definition) is 3. The summed E-state index contributed by atoms with van der Waals surface area (Å²) in [4.78, 5) is 8.45. The summed E-state index contributed by atoms with van der Waals surface area (Å²) in [5.41, 5.74) is 2.83. The number of hydrogen-bond donors (Lipinski definition) is 0. The fourth-order valence-electron chi connectivity index (χ4n) is 1.60. The molecule has 0 bridgehead atoms. The summed E-state index contributed by atoms with van der Waals surface area (Å²) < 4.78 is 6.36. The minimum absolute atomic E-state index is 0.535. The van der Waals surface area contributed by atoms with Crippen molar-refractivity contribution < 1.29 is 4.74 Å². The highest BCUT2D eigenvalue weighted by atomic mass is 79.9. The molecule has 88 valence electrons. The van der Waals surface area contributed by atoms with Crippen molar-refractivity contribution in [2.24, 2.45) is 0 Å². The van der Waals surface area contributed by atoms with Crippen LogP contribution in [-0.2, 0) is 6.61 Å². The molecular formula is C13H13BrN2O. The van der Waals surface area contributed by atoms with Crippen molar-refractivity contribution in [1.82, 2.24) is 9.97 Å². The molecule has 1 heterocycles. The first kappa shape index (κ1) is 12.0. The molecular weight excluding hydrogens is 280 g/mol. The van der Waals surface area contributed by atoms with Gasteiger partial charge in [0, 0.05) is 0 Å². The highest BCUT2D eigenvalue weighted by Crippen LogP contribution is 2.22. The Balaban J connectivity index is 2.15. The number of nitrogens with zero attached hydrogens (tertiary/aromatic N) is 2. The molecule has 2 rings (SSSR count). The van der Waals surface area contributed by atoms with E-state index in [2.05, 4.69) is 25.9 Å². The SMILES string of the molecule is Cc1nc(Br)nc(C)c1OCc1ccccc1. The Morgan fingerprint density at radius 2 is 1.65 bits per heavy atom. The van der Waals surface area contributed by atoms with Gasteiger partial charge in [0.05, 0.1) is 11.4 Å². The normalized spacial score (nSPS) is 10.3. The lowest BCUT2D eigenvalue weighted by molar-refractivity contribution is 0.298. The molecule has 2 aromatic rings. The van der Waals surface area contributed by atoms with Gasteiger partial charge in [-0.2, -0.15) is 0 Å². The monoisotopic (exact) mass is 292 g/mol. The topological polar surface area (TPSA) is 35.0 Å². The summed E-state index contributed by atoms with van der Waals surface area (Å²) in [6, 6.07) is 10.0. The molecule has 0 aliphatic heterocycles. The Labute approximate surface area is 109 Å². The molecule has 0 N–H and O–H groups in total. The highest BCUT2D eigenvalue weighted by Gasteiger charge is 2.08. The van der Waals surface area contributed by atoms with E-state index < -0.39 is 0 Å². The van der Waals surface area contributed by atoms with E-state index in [1.165, 1.54) is 0 Å². The maximum absolute atomic E-state index is 5.76. The minimum atomic E-state index is 0.535. The molecule has 0 unspecified atom stereocenters. The fraction of sp³-hybridized carbons (Fsp3) is 0.231. The van der Waals surface area contributed by atoms with Crippen molar-refractivity contribution in [1.29, 1.82) is 0 Å². The van der Waals surface area contributed by atoms with Crippen molar-refractivity contribution in [3.8, 4) is 5.75 Å². The van der Waals surface area contributed by atoms with Gasteiger partial charge < -0.3 is 4.74 Å². The molecule has 17 heavy (non-hydrogen) atoms. The first-order chi connectivity index (χ1) is 8.16. The number of ether oxygens (including phenoxy) is 1. The molecule has 0 saturated heterocycles. The zero-order valence-corrected chi connectivity index (χ0v) is 11.4. The van der Waals surface area contributed by atoms with Crippen LogP contribution in [-0.4, -0.2) is 9.97 Å². The molecule has 0 aliphatic rings. The van der Waals surface area contributed by atoms with Crippen molar-refractivity contribution in [3.63, 3.8) is 0 Å². The van der Waals surface area contributed by atoms with E-state index in [4.69, 9.17) is 4.74 Å². The van der Waals surface area contributed by atoms with Gasteiger partial charge in [-0.1, -0.05) is 30.3 Å². The summed E-state index contributed by atoms with van der Waals surface area (Å²) in [7, 11) is 0. The van der Waals surface area contributed by atoms with Crippen LogP contribution in [0, 0.1) is 13.8 Å².